The molecule has 2 aromatic rings. The normalized spacial score (nSPS) is 18.7. The van der Waals surface area contributed by atoms with Gasteiger partial charge in [-0.15, -0.1) is 10.2 Å². The van der Waals surface area contributed by atoms with Crippen LogP contribution in [0.3, 0.4) is 0 Å². The molecule has 2 amide bonds. The monoisotopic (exact) mass is 429 g/mol. The van der Waals surface area contributed by atoms with E-state index in [2.05, 4.69) is 25.7 Å². The van der Waals surface area contributed by atoms with Gasteiger partial charge in [0.2, 0.25) is 11.8 Å². The molecule has 2 fully saturated rings. The zero-order valence-corrected chi connectivity index (χ0v) is 17.3. The van der Waals surface area contributed by atoms with Gasteiger partial charge in [0.1, 0.15) is 10.8 Å². The van der Waals surface area contributed by atoms with Crippen LogP contribution < -0.4 is 15.5 Å². The van der Waals surface area contributed by atoms with Crippen molar-refractivity contribution in [2.75, 3.05) is 29.1 Å². The number of hydrogen-bond acceptors (Lipinski definition) is 6. The summed E-state index contributed by atoms with van der Waals surface area (Å²) in [6.07, 6.45) is 4.04. The van der Waals surface area contributed by atoms with Crippen molar-refractivity contribution in [3.05, 3.63) is 42.2 Å². The van der Waals surface area contributed by atoms with E-state index in [0.717, 1.165) is 38.0 Å². The van der Waals surface area contributed by atoms with E-state index in [9.17, 15) is 14.0 Å². The summed E-state index contributed by atoms with van der Waals surface area (Å²) in [4.78, 5) is 26.5. The molecular formula is C21H24FN5O2S. The average Bonchev–Trinajstić information content (AvgIpc) is 3.58. The van der Waals surface area contributed by atoms with E-state index in [4.69, 9.17) is 0 Å². The number of halogens is 1. The van der Waals surface area contributed by atoms with Crippen LogP contribution in [0.25, 0.3) is 0 Å². The van der Waals surface area contributed by atoms with Gasteiger partial charge in [-0.3, -0.25) is 9.59 Å². The third kappa shape index (κ3) is 5.69. The van der Waals surface area contributed by atoms with Crippen molar-refractivity contribution in [1.82, 2.24) is 15.5 Å². The summed E-state index contributed by atoms with van der Waals surface area (Å²) in [6, 6.07) is 9.73. The Bertz CT molecular complexity index is 889. The Balaban J connectivity index is 1.26. The third-order valence-corrected chi connectivity index (χ3v) is 6.07. The molecule has 4 rings (SSSR count). The van der Waals surface area contributed by atoms with Gasteiger partial charge in [-0.25, -0.2) is 4.39 Å². The second-order valence-corrected chi connectivity index (χ2v) is 8.64. The molecule has 0 radical (unpaired) electrons. The van der Waals surface area contributed by atoms with Crippen LogP contribution in [0.4, 0.5) is 15.9 Å². The lowest BCUT2D eigenvalue weighted by molar-refractivity contribution is -0.125. The molecule has 2 aliphatic rings. The molecule has 9 heteroatoms. The van der Waals surface area contributed by atoms with Crippen LogP contribution in [0.2, 0.25) is 0 Å². The summed E-state index contributed by atoms with van der Waals surface area (Å²) in [5, 5.41) is 15.0. The van der Waals surface area contributed by atoms with Crippen LogP contribution in [0.5, 0.6) is 0 Å². The molecule has 1 atom stereocenters. The lowest BCUT2D eigenvalue weighted by atomic mass is 9.97. The van der Waals surface area contributed by atoms with Crippen LogP contribution in [0.1, 0.15) is 25.7 Å². The largest absolute Gasteiger partial charge is 0.354 e. The molecule has 7 nitrogen and oxygen atoms in total. The molecule has 1 aliphatic heterocycles. The van der Waals surface area contributed by atoms with Gasteiger partial charge in [0.05, 0.1) is 11.7 Å². The molecule has 1 aromatic heterocycles. The molecular weight excluding hydrogens is 405 g/mol. The fourth-order valence-corrected chi connectivity index (χ4v) is 3.99. The Kier molecular flexibility index (Phi) is 6.47. The Morgan fingerprint density at radius 1 is 1.10 bits per heavy atom. The molecule has 1 aromatic carbocycles. The van der Waals surface area contributed by atoms with Crippen LogP contribution in [-0.2, 0) is 9.59 Å². The van der Waals surface area contributed by atoms with Gasteiger partial charge in [-0.1, -0.05) is 11.8 Å². The van der Waals surface area contributed by atoms with Gasteiger partial charge in [-0.05, 0) is 62.1 Å². The van der Waals surface area contributed by atoms with Gasteiger partial charge in [0.15, 0.2) is 5.82 Å². The molecule has 1 saturated carbocycles. The number of amides is 2. The molecule has 30 heavy (non-hydrogen) atoms. The molecule has 1 saturated heterocycles. The minimum Gasteiger partial charge on any atom is -0.354 e. The maximum Gasteiger partial charge on any atom is 0.234 e. The minimum atomic E-state index is -0.346. The van der Waals surface area contributed by atoms with Gasteiger partial charge >= 0.3 is 0 Å². The van der Waals surface area contributed by atoms with Crippen molar-refractivity contribution >= 4 is 35.1 Å². The number of anilines is 2. The van der Waals surface area contributed by atoms with Crippen molar-refractivity contribution in [3.63, 3.8) is 0 Å². The van der Waals surface area contributed by atoms with Crippen LogP contribution >= 0.6 is 11.8 Å². The van der Waals surface area contributed by atoms with Crippen LogP contribution in [0, 0.1) is 11.7 Å². The number of nitrogens with zero attached hydrogens (tertiary/aromatic N) is 3. The summed E-state index contributed by atoms with van der Waals surface area (Å²) in [7, 11) is 0. The lowest BCUT2D eigenvalue weighted by Gasteiger charge is -2.32. The highest BCUT2D eigenvalue weighted by atomic mass is 32.2. The van der Waals surface area contributed by atoms with E-state index >= 15 is 0 Å². The van der Waals surface area contributed by atoms with Crippen molar-refractivity contribution in [2.24, 2.45) is 5.92 Å². The number of aromatic nitrogens is 2. The van der Waals surface area contributed by atoms with Gasteiger partial charge < -0.3 is 15.5 Å². The number of rotatable bonds is 7. The Morgan fingerprint density at radius 2 is 1.90 bits per heavy atom. The maximum absolute atomic E-state index is 12.9. The number of carbonyl (C=O) groups excluding carboxylic acids is 2. The lowest BCUT2D eigenvalue weighted by Crippen LogP contribution is -2.44. The van der Waals surface area contributed by atoms with Crippen molar-refractivity contribution in [1.29, 1.82) is 0 Å². The summed E-state index contributed by atoms with van der Waals surface area (Å²) in [5.41, 5.74) is 0.550. The van der Waals surface area contributed by atoms with E-state index in [1.165, 1.54) is 36.0 Å². The van der Waals surface area contributed by atoms with Crippen molar-refractivity contribution in [2.45, 2.75) is 36.8 Å². The summed E-state index contributed by atoms with van der Waals surface area (Å²) in [6.45, 7) is 1.51. The number of benzene rings is 1. The standard InChI is InChI=1S/C21H24FN5O2S/c22-15-3-5-16(6-4-15)23-19(28)13-30-20-10-9-18(25-26-20)27-11-1-2-14(12-27)21(29)24-17-7-8-17/h3-6,9-10,14,17H,1-2,7-8,11-13H2,(H,23,28)(H,24,29)/t14-/m1/s1. The Hall–Kier alpha value is -2.68. The number of piperidine rings is 1. The quantitative estimate of drug-likeness (QED) is 0.658. The van der Waals surface area contributed by atoms with Crippen molar-refractivity contribution < 1.29 is 14.0 Å². The topological polar surface area (TPSA) is 87.2 Å². The molecule has 2 N–H and O–H groups in total. The second-order valence-electron chi connectivity index (χ2n) is 7.64. The zero-order chi connectivity index (χ0) is 20.9. The van der Waals surface area contributed by atoms with E-state index in [1.54, 1.807) is 0 Å². The highest BCUT2D eigenvalue weighted by Crippen LogP contribution is 2.25. The molecule has 1 aliphatic carbocycles. The summed E-state index contributed by atoms with van der Waals surface area (Å²) < 4.78 is 12.9. The second kappa shape index (κ2) is 9.42. The first-order chi connectivity index (χ1) is 14.6. The fraction of sp³-hybridized carbons (Fsp3) is 0.429. The average molecular weight is 430 g/mol. The van der Waals surface area contributed by atoms with Gasteiger partial charge in [-0.2, -0.15) is 0 Å². The first-order valence-electron chi connectivity index (χ1n) is 10.1. The number of nitrogens with one attached hydrogen (secondary N) is 2. The molecule has 158 valence electrons. The predicted octanol–water partition coefficient (Wildman–Crippen LogP) is 2.84. The SMILES string of the molecule is O=C(CSc1ccc(N2CCC[C@@H](C(=O)NC3CC3)C2)nn1)Nc1ccc(F)cc1. The Morgan fingerprint density at radius 3 is 2.60 bits per heavy atom. The molecule has 2 heterocycles. The molecule has 0 unspecified atom stereocenters. The van der Waals surface area contributed by atoms with E-state index in [-0.39, 0.29) is 29.3 Å². The smallest absolute Gasteiger partial charge is 0.234 e. The first kappa shape index (κ1) is 20.6. The number of carbonyl (C=O) groups is 2. The maximum atomic E-state index is 12.9. The zero-order valence-electron chi connectivity index (χ0n) is 16.5. The number of thioether (sulfide) groups is 1. The number of hydrogen-bond donors (Lipinski definition) is 2. The highest BCUT2D eigenvalue weighted by molar-refractivity contribution is 7.99. The van der Waals surface area contributed by atoms with Gasteiger partial charge in [0.25, 0.3) is 0 Å². The first-order valence-corrected chi connectivity index (χ1v) is 11.1. The molecule has 0 spiro atoms. The summed E-state index contributed by atoms with van der Waals surface area (Å²) >= 11 is 1.28. The third-order valence-electron chi connectivity index (χ3n) is 5.15. The fourth-order valence-electron chi connectivity index (χ4n) is 3.37. The van der Waals surface area contributed by atoms with Crippen LogP contribution in [0.15, 0.2) is 41.4 Å². The highest BCUT2D eigenvalue weighted by Gasteiger charge is 2.30. The van der Waals surface area contributed by atoms with Gasteiger partial charge in [0, 0.05) is 24.8 Å². The van der Waals surface area contributed by atoms with E-state index < -0.39 is 0 Å². The predicted molar refractivity (Wildman–Crippen MR) is 114 cm³/mol. The van der Waals surface area contributed by atoms with E-state index in [1.807, 2.05) is 12.1 Å². The van der Waals surface area contributed by atoms with Crippen LogP contribution in [-0.4, -0.2) is 46.9 Å². The Labute approximate surface area is 178 Å². The molecule has 0 bridgehead atoms. The summed E-state index contributed by atoms with van der Waals surface area (Å²) in [5.74, 6) is 0.525. The van der Waals surface area contributed by atoms with E-state index in [0.29, 0.717) is 23.3 Å². The minimum absolute atomic E-state index is 0.00893. The van der Waals surface area contributed by atoms with Crippen molar-refractivity contribution in [3.8, 4) is 0 Å².